The second kappa shape index (κ2) is 5.78. The molecule has 1 heteroatoms. The minimum Gasteiger partial charge on any atom is -0.392 e. The summed E-state index contributed by atoms with van der Waals surface area (Å²) in [6.45, 7) is 8.17. The predicted molar refractivity (Wildman–Crippen MR) is 54.0 cm³/mol. The monoisotopic (exact) mass is 166 g/mol. The van der Waals surface area contributed by atoms with E-state index in [1.165, 1.54) is 11.1 Å². The SMILES string of the molecule is CC=C(C)C=C(C)C=C(C)CO. The minimum absolute atomic E-state index is 0.139. The zero-order valence-corrected chi connectivity index (χ0v) is 8.39. The summed E-state index contributed by atoms with van der Waals surface area (Å²) in [6.07, 6.45) is 6.15. The number of aliphatic hydroxyl groups excluding tert-OH is 1. The number of allylic oxidation sites excluding steroid dienone is 5. The van der Waals surface area contributed by atoms with Gasteiger partial charge in [0.05, 0.1) is 6.61 Å². The van der Waals surface area contributed by atoms with Crippen LogP contribution in [0.15, 0.2) is 34.9 Å². The van der Waals surface area contributed by atoms with Crippen molar-refractivity contribution >= 4 is 0 Å². The van der Waals surface area contributed by atoms with Crippen molar-refractivity contribution < 1.29 is 5.11 Å². The van der Waals surface area contributed by atoms with E-state index in [1.54, 1.807) is 0 Å². The highest BCUT2D eigenvalue weighted by Gasteiger charge is 1.87. The topological polar surface area (TPSA) is 20.2 Å². The molecule has 1 nitrogen and oxygen atoms in total. The van der Waals surface area contributed by atoms with Crippen molar-refractivity contribution in [1.29, 1.82) is 0 Å². The van der Waals surface area contributed by atoms with Gasteiger partial charge in [-0.2, -0.15) is 0 Å². The van der Waals surface area contributed by atoms with Crippen LogP contribution in [0.2, 0.25) is 0 Å². The largest absolute Gasteiger partial charge is 0.392 e. The number of hydrogen-bond acceptors (Lipinski definition) is 1. The molecule has 0 fully saturated rings. The third kappa shape index (κ3) is 4.91. The molecule has 0 bridgehead atoms. The maximum Gasteiger partial charge on any atom is 0.0642 e. The van der Waals surface area contributed by atoms with Crippen LogP contribution in [-0.2, 0) is 0 Å². The van der Waals surface area contributed by atoms with Crippen molar-refractivity contribution in [2.45, 2.75) is 27.7 Å². The highest BCUT2D eigenvalue weighted by Crippen LogP contribution is 2.05. The van der Waals surface area contributed by atoms with Gasteiger partial charge in [0.1, 0.15) is 0 Å². The summed E-state index contributed by atoms with van der Waals surface area (Å²) in [5.74, 6) is 0. The van der Waals surface area contributed by atoms with Crippen LogP contribution < -0.4 is 0 Å². The lowest BCUT2D eigenvalue weighted by Crippen LogP contribution is -1.84. The zero-order valence-electron chi connectivity index (χ0n) is 8.39. The van der Waals surface area contributed by atoms with Crippen LogP contribution in [0.5, 0.6) is 0 Å². The molecule has 0 heterocycles. The first-order valence-corrected chi connectivity index (χ1v) is 4.19. The number of hydrogen-bond donors (Lipinski definition) is 1. The zero-order chi connectivity index (χ0) is 9.56. The van der Waals surface area contributed by atoms with Crippen LogP contribution in [0.3, 0.4) is 0 Å². The van der Waals surface area contributed by atoms with Crippen LogP contribution in [0.4, 0.5) is 0 Å². The fraction of sp³-hybridized carbons (Fsp3) is 0.455. The Hall–Kier alpha value is -0.820. The molecule has 12 heavy (non-hydrogen) atoms. The fourth-order valence-corrected chi connectivity index (χ4v) is 0.918. The lowest BCUT2D eigenvalue weighted by atomic mass is 10.1. The normalized spacial score (nSPS) is 15.2. The highest BCUT2D eigenvalue weighted by atomic mass is 16.3. The highest BCUT2D eigenvalue weighted by molar-refractivity contribution is 5.29. The summed E-state index contributed by atoms with van der Waals surface area (Å²) in [5, 5.41) is 8.76. The van der Waals surface area contributed by atoms with Gasteiger partial charge < -0.3 is 5.11 Å². The molecule has 0 aliphatic rings. The lowest BCUT2D eigenvalue weighted by molar-refractivity contribution is 0.331. The summed E-state index contributed by atoms with van der Waals surface area (Å²) in [5.41, 5.74) is 3.42. The van der Waals surface area contributed by atoms with Crippen molar-refractivity contribution in [3.05, 3.63) is 34.9 Å². The van der Waals surface area contributed by atoms with E-state index in [9.17, 15) is 0 Å². The van der Waals surface area contributed by atoms with Crippen molar-refractivity contribution in [3.8, 4) is 0 Å². The molecule has 0 aliphatic carbocycles. The maximum absolute atomic E-state index is 8.76. The molecule has 0 spiro atoms. The van der Waals surface area contributed by atoms with E-state index < -0.39 is 0 Å². The summed E-state index contributed by atoms with van der Waals surface area (Å²) in [7, 11) is 0. The van der Waals surface area contributed by atoms with E-state index >= 15 is 0 Å². The number of rotatable bonds is 3. The molecule has 0 saturated carbocycles. The van der Waals surface area contributed by atoms with Crippen LogP contribution in [0.25, 0.3) is 0 Å². The molecule has 0 aromatic heterocycles. The second-order valence-electron chi connectivity index (χ2n) is 3.07. The Balaban J connectivity index is 4.40. The van der Waals surface area contributed by atoms with Gasteiger partial charge in [0, 0.05) is 0 Å². The molecule has 0 rings (SSSR count). The van der Waals surface area contributed by atoms with Gasteiger partial charge in [0.25, 0.3) is 0 Å². The average Bonchev–Trinajstić information content (AvgIpc) is 2.03. The Kier molecular flexibility index (Phi) is 5.39. The van der Waals surface area contributed by atoms with E-state index in [2.05, 4.69) is 19.1 Å². The van der Waals surface area contributed by atoms with Crippen molar-refractivity contribution in [2.24, 2.45) is 0 Å². The molecule has 0 unspecified atom stereocenters. The molecular formula is C11H18O. The smallest absolute Gasteiger partial charge is 0.0642 e. The standard InChI is InChI=1S/C11H18O/c1-5-9(2)6-10(3)7-11(4)8-12/h5-7,12H,8H2,1-4H3. The third-order valence-electron chi connectivity index (χ3n) is 1.63. The minimum atomic E-state index is 0.139. The molecule has 0 radical (unpaired) electrons. The van der Waals surface area contributed by atoms with Gasteiger partial charge in [0.2, 0.25) is 0 Å². The van der Waals surface area contributed by atoms with E-state index in [4.69, 9.17) is 5.11 Å². The molecule has 0 atom stereocenters. The van der Waals surface area contributed by atoms with Gasteiger partial charge in [0.15, 0.2) is 0 Å². The Bertz CT molecular complexity index is 219. The van der Waals surface area contributed by atoms with E-state index in [0.717, 1.165) is 5.57 Å². The Labute approximate surface area is 75.1 Å². The predicted octanol–water partition coefficient (Wildman–Crippen LogP) is 2.84. The fourth-order valence-electron chi connectivity index (χ4n) is 0.918. The van der Waals surface area contributed by atoms with E-state index in [1.807, 2.05) is 26.8 Å². The van der Waals surface area contributed by atoms with Gasteiger partial charge in [-0.1, -0.05) is 29.4 Å². The average molecular weight is 166 g/mol. The van der Waals surface area contributed by atoms with Crippen LogP contribution in [-0.4, -0.2) is 11.7 Å². The first kappa shape index (κ1) is 11.2. The quantitative estimate of drug-likeness (QED) is 0.639. The van der Waals surface area contributed by atoms with E-state index in [-0.39, 0.29) is 6.61 Å². The Morgan fingerprint density at radius 2 is 1.67 bits per heavy atom. The molecule has 0 aromatic rings. The van der Waals surface area contributed by atoms with Crippen LogP contribution in [0.1, 0.15) is 27.7 Å². The molecule has 0 aromatic carbocycles. The molecule has 0 amide bonds. The molecule has 0 aliphatic heterocycles. The molecule has 68 valence electrons. The van der Waals surface area contributed by atoms with Crippen molar-refractivity contribution in [2.75, 3.05) is 6.61 Å². The summed E-state index contributed by atoms with van der Waals surface area (Å²) in [6, 6.07) is 0. The summed E-state index contributed by atoms with van der Waals surface area (Å²) < 4.78 is 0. The first-order valence-electron chi connectivity index (χ1n) is 4.19. The Morgan fingerprint density at radius 3 is 2.08 bits per heavy atom. The molecule has 0 saturated heterocycles. The van der Waals surface area contributed by atoms with Crippen LogP contribution in [0, 0.1) is 0 Å². The van der Waals surface area contributed by atoms with Crippen LogP contribution >= 0.6 is 0 Å². The van der Waals surface area contributed by atoms with Gasteiger partial charge in [-0.05, 0) is 33.3 Å². The maximum atomic E-state index is 8.76. The first-order chi connectivity index (χ1) is 5.60. The third-order valence-corrected chi connectivity index (χ3v) is 1.63. The summed E-state index contributed by atoms with van der Waals surface area (Å²) in [4.78, 5) is 0. The van der Waals surface area contributed by atoms with Gasteiger partial charge in [-0.15, -0.1) is 0 Å². The van der Waals surface area contributed by atoms with E-state index in [0.29, 0.717) is 0 Å². The summed E-state index contributed by atoms with van der Waals surface area (Å²) >= 11 is 0. The van der Waals surface area contributed by atoms with Crippen molar-refractivity contribution in [1.82, 2.24) is 0 Å². The van der Waals surface area contributed by atoms with Gasteiger partial charge in [-0.25, -0.2) is 0 Å². The molecular weight excluding hydrogens is 148 g/mol. The lowest BCUT2D eigenvalue weighted by Gasteiger charge is -1.96. The van der Waals surface area contributed by atoms with Crippen molar-refractivity contribution in [3.63, 3.8) is 0 Å². The second-order valence-corrected chi connectivity index (χ2v) is 3.07. The van der Waals surface area contributed by atoms with Gasteiger partial charge >= 0.3 is 0 Å². The Morgan fingerprint density at radius 1 is 1.08 bits per heavy atom. The number of aliphatic hydroxyl groups is 1. The van der Waals surface area contributed by atoms with Gasteiger partial charge in [-0.3, -0.25) is 0 Å². The molecule has 1 N–H and O–H groups in total.